The van der Waals surface area contributed by atoms with Gasteiger partial charge in [0.25, 0.3) is 0 Å². The monoisotopic (exact) mass is 184 g/mol. The van der Waals surface area contributed by atoms with Crippen molar-refractivity contribution in [3.63, 3.8) is 0 Å². The molecule has 70 valence electrons. The Labute approximate surface area is 83.0 Å². The first kappa shape index (κ1) is 7.94. The van der Waals surface area contributed by atoms with Gasteiger partial charge in [0, 0.05) is 30.6 Å². The van der Waals surface area contributed by atoms with E-state index in [0.29, 0.717) is 5.92 Å². The van der Waals surface area contributed by atoms with Crippen LogP contribution in [0.15, 0.2) is 36.5 Å². The van der Waals surface area contributed by atoms with Crippen LogP contribution in [0, 0.1) is 0 Å². The Morgan fingerprint density at radius 1 is 1.14 bits per heavy atom. The lowest BCUT2D eigenvalue weighted by atomic mass is 9.91. The van der Waals surface area contributed by atoms with E-state index in [1.54, 1.807) is 0 Å². The zero-order valence-corrected chi connectivity index (χ0v) is 7.90. The average molecular weight is 184 g/mol. The third-order valence-corrected chi connectivity index (χ3v) is 2.90. The molecule has 1 fully saturated rings. The van der Waals surface area contributed by atoms with Crippen molar-refractivity contribution < 1.29 is 0 Å². The molecule has 0 radical (unpaired) electrons. The Bertz CT molecular complexity index is 455. The van der Waals surface area contributed by atoms with E-state index in [4.69, 9.17) is 0 Å². The van der Waals surface area contributed by atoms with Gasteiger partial charge in [0.1, 0.15) is 0 Å². The summed E-state index contributed by atoms with van der Waals surface area (Å²) < 4.78 is 0. The molecule has 0 amide bonds. The largest absolute Gasteiger partial charge is 0.315 e. The molecular formula is C12H12N2. The van der Waals surface area contributed by atoms with Crippen molar-refractivity contribution in [1.29, 1.82) is 0 Å². The molecule has 0 bridgehead atoms. The van der Waals surface area contributed by atoms with E-state index in [0.717, 1.165) is 18.6 Å². The molecule has 2 heteroatoms. The molecule has 1 aliphatic heterocycles. The summed E-state index contributed by atoms with van der Waals surface area (Å²) >= 11 is 0. The fraction of sp³-hybridized carbons (Fsp3) is 0.250. The average Bonchev–Trinajstić information content (AvgIpc) is 2.16. The van der Waals surface area contributed by atoms with Crippen molar-refractivity contribution in [2.45, 2.75) is 5.92 Å². The summed E-state index contributed by atoms with van der Waals surface area (Å²) in [6.07, 6.45) is 1.85. The molecule has 1 N–H and O–H groups in total. The molecule has 1 aromatic heterocycles. The topological polar surface area (TPSA) is 24.9 Å². The molecule has 0 saturated carbocycles. The predicted octanol–water partition coefficient (Wildman–Crippen LogP) is 1.92. The van der Waals surface area contributed by atoms with Gasteiger partial charge in [-0.05, 0) is 17.7 Å². The minimum Gasteiger partial charge on any atom is -0.315 e. The Morgan fingerprint density at radius 2 is 2.07 bits per heavy atom. The molecule has 1 aromatic carbocycles. The summed E-state index contributed by atoms with van der Waals surface area (Å²) in [5, 5.41) is 4.61. The molecule has 0 spiro atoms. The number of aromatic nitrogens is 1. The number of fused-ring (bicyclic) bond motifs is 1. The fourth-order valence-corrected chi connectivity index (χ4v) is 1.99. The van der Waals surface area contributed by atoms with Crippen molar-refractivity contribution >= 4 is 10.9 Å². The Kier molecular flexibility index (Phi) is 1.74. The van der Waals surface area contributed by atoms with Crippen LogP contribution < -0.4 is 5.32 Å². The van der Waals surface area contributed by atoms with E-state index >= 15 is 0 Å². The normalized spacial score (nSPS) is 16.9. The van der Waals surface area contributed by atoms with E-state index in [2.05, 4.69) is 34.6 Å². The molecule has 1 aliphatic rings. The quantitative estimate of drug-likeness (QED) is 0.732. The molecular weight excluding hydrogens is 172 g/mol. The number of hydrogen-bond donors (Lipinski definition) is 1. The van der Waals surface area contributed by atoms with E-state index in [1.165, 1.54) is 10.9 Å². The van der Waals surface area contributed by atoms with Gasteiger partial charge < -0.3 is 5.32 Å². The van der Waals surface area contributed by atoms with Crippen molar-refractivity contribution in [2.75, 3.05) is 13.1 Å². The van der Waals surface area contributed by atoms with Gasteiger partial charge in [-0.1, -0.05) is 18.2 Å². The highest BCUT2D eigenvalue weighted by Crippen LogP contribution is 2.26. The summed E-state index contributed by atoms with van der Waals surface area (Å²) in [5.74, 6) is 0.683. The van der Waals surface area contributed by atoms with Crippen LogP contribution in [0.5, 0.6) is 0 Å². The lowest BCUT2D eigenvalue weighted by molar-refractivity contribution is 0.451. The molecule has 0 atom stereocenters. The van der Waals surface area contributed by atoms with Crippen LogP contribution in [0.3, 0.4) is 0 Å². The Morgan fingerprint density at radius 3 is 2.86 bits per heavy atom. The van der Waals surface area contributed by atoms with Crippen LogP contribution in [-0.4, -0.2) is 18.1 Å². The van der Waals surface area contributed by atoms with Gasteiger partial charge in [0.2, 0.25) is 0 Å². The highest BCUT2D eigenvalue weighted by molar-refractivity contribution is 5.82. The SMILES string of the molecule is c1cc(C2CNC2)c2cccnc2c1. The van der Waals surface area contributed by atoms with Gasteiger partial charge >= 0.3 is 0 Å². The van der Waals surface area contributed by atoms with Gasteiger partial charge in [-0.25, -0.2) is 0 Å². The van der Waals surface area contributed by atoms with Gasteiger partial charge in [0.05, 0.1) is 5.52 Å². The number of nitrogens with one attached hydrogen (secondary N) is 1. The van der Waals surface area contributed by atoms with E-state index in [-0.39, 0.29) is 0 Å². The van der Waals surface area contributed by atoms with E-state index in [9.17, 15) is 0 Å². The minimum absolute atomic E-state index is 0.683. The van der Waals surface area contributed by atoms with Crippen LogP contribution in [-0.2, 0) is 0 Å². The minimum atomic E-state index is 0.683. The second kappa shape index (κ2) is 3.07. The summed E-state index contributed by atoms with van der Waals surface area (Å²) in [5.41, 5.74) is 2.55. The lowest BCUT2D eigenvalue weighted by Gasteiger charge is -2.28. The summed E-state index contributed by atoms with van der Waals surface area (Å²) in [4.78, 5) is 4.36. The van der Waals surface area contributed by atoms with Crippen LogP contribution in [0.1, 0.15) is 11.5 Å². The molecule has 2 heterocycles. The van der Waals surface area contributed by atoms with Crippen LogP contribution in [0.4, 0.5) is 0 Å². The molecule has 1 saturated heterocycles. The summed E-state index contributed by atoms with van der Waals surface area (Å²) in [6, 6.07) is 10.6. The van der Waals surface area contributed by atoms with Crippen molar-refractivity contribution in [3.05, 3.63) is 42.1 Å². The van der Waals surface area contributed by atoms with Crippen LogP contribution in [0.25, 0.3) is 10.9 Å². The highest BCUT2D eigenvalue weighted by Gasteiger charge is 2.20. The second-order valence-electron chi connectivity index (χ2n) is 3.77. The van der Waals surface area contributed by atoms with Crippen molar-refractivity contribution in [1.82, 2.24) is 10.3 Å². The molecule has 3 rings (SSSR count). The maximum atomic E-state index is 4.36. The molecule has 2 nitrogen and oxygen atoms in total. The number of pyridine rings is 1. The molecule has 0 aliphatic carbocycles. The van der Waals surface area contributed by atoms with Gasteiger partial charge in [-0.15, -0.1) is 0 Å². The van der Waals surface area contributed by atoms with Crippen molar-refractivity contribution in [2.24, 2.45) is 0 Å². The first-order valence-electron chi connectivity index (χ1n) is 4.99. The third-order valence-electron chi connectivity index (χ3n) is 2.90. The third kappa shape index (κ3) is 1.11. The van der Waals surface area contributed by atoms with Crippen LogP contribution in [0.2, 0.25) is 0 Å². The lowest BCUT2D eigenvalue weighted by Crippen LogP contribution is -2.39. The Balaban J connectivity index is 2.22. The van der Waals surface area contributed by atoms with E-state index in [1.807, 2.05) is 12.3 Å². The number of hydrogen-bond acceptors (Lipinski definition) is 2. The number of rotatable bonds is 1. The van der Waals surface area contributed by atoms with Gasteiger partial charge in [-0.3, -0.25) is 4.98 Å². The smallest absolute Gasteiger partial charge is 0.0704 e. The van der Waals surface area contributed by atoms with Gasteiger partial charge in [0.15, 0.2) is 0 Å². The maximum Gasteiger partial charge on any atom is 0.0704 e. The standard InChI is InChI=1S/C12H12N2/c1-3-10(9-7-13-8-9)11-4-2-6-14-12(11)5-1/h1-6,9,13H,7-8H2. The Hall–Kier alpha value is -1.41. The van der Waals surface area contributed by atoms with Crippen molar-refractivity contribution in [3.8, 4) is 0 Å². The predicted molar refractivity (Wildman–Crippen MR) is 57.4 cm³/mol. The second-order valence-corrected chi connectivity index (χ2v) is 3.77. The molecule has 0 unspecified atom stereocenters. The first-order chi connectivity index (χ1) is 6.95. The highest BCUT2D eigenvalue weighted by atomic mass is 14.9. The van der Waals surface area contributed by atoms with E-state index < -0.39 is 0 Å². The van der Waals surface area contributed by atoms with Crippen LogP contribution >= 0.6 is 0 Å². The van der Waals surface area contributed by atoms with Gasteiger partial charge in [-0.2, -0.15) is 0 Å². The zero-order chi connectivity index (χ0) is 9.38. The maximum absolute atomic E-state index is 4.36. The molecule has 14 heavy (non-hydrogen) atoms. The number of nitrogens with zero attached hydrogens (tertiary/aromatic N) is 1. The fourth-order valence-electron chi connectivity index (χ4n) is 1.99. The first-order valence-corrected chi connectivity index (χ1v) is 4.99. The molecule has 2 aromatic rings. The number of benzene rings is 1. The summed E-state index contributed by atoms with van der Waals surface area (Å²) in [6.45, 7) is 2.21. The zero-order valence-electron chi connectivity index (χ0n) is 7.90. The summed E-state index contributed by atoms with van der Waals surface area (Å²) in [7, 11) is 0.